The molecule has 0 amide bonds. The molecule has 388 valence electrons. The van der Waals surface area contributed by atoms with E-state index in [1.807, 2.05) is 73.1 Å². The summed E-state index contributed by atoms with van der Waals surface area (Å²) < 4.78 is 5.25. The van der Waals surface area contributed by atoms with Crippen molar-refractivity contribution in [3.05, 3.63) is 183 Å². The average molecular weight is 1120 g/mol. The Kier molecular flexibility index (Phi) is 15.5. The van der Waals surface area contributed by atoms with Gasteiger partial charge in [0.2, 0.25) is 0 Å². The first-order valence-electron chi connectivity index (χ1n) is 25.6. The van der Waals surface area contributed by atoms with Crippen LogP contribution in [0.1, 0.15) is 96.1 Å². The van der Waals surface area contributed by atoms with Gasteiger partial charge in [-0.2, -0.15) is 0 Å². The van der Waals surface area contributed by atoms with E-state index in [9.17, 15) is 24.3 Å². The van der Waals surface area contributed by atoms with E-state index in [0.717, 1.165) is 105 Å². The van der Waals surface area contributed by atoms with Crippen molar-refractivity contribution in [1.82, 2.24) is 19.1 Å². The summed E-state index contributed by atoms with van der Waals surface area (Å²) in [7, 11) is -1.38. The SMILES string of the molecule is O=C(CC1CC2(C1)CC(C(=O)O)C2)c1ccc(Cl)c2ccn(Cc3ccc(-c4ccncc4)cc3)c12.O=C(CC1CC2(C1)CC(C(=O)O)C2)c1ccc(Cl)c2ccn(Cc3ccc(Br)cc3)c12.OB(O)c1ccncc1. The van der Waals surface area contributed by atoms with E-state index in [-0.39, 0.29) is 34.2 Å². The van der Waals surface area contributed by atoms with Gasteiger partial charge in [0.25, 0.3) is 0 Å². The van der Waals surface area contributed by atoms with Crippen LogP contribution in [-0.2, 0) is 22.7 Å². The molecule has 4 saturated carbocycles. The number of aromatic nitrogens is 4. The van der Waals surface area contributed by atoms with Crippen LogP contribution in [0.2, 0.25) is 10.0 Å². The number of carbonyl (C=O) groups excluding carboxylic acids is 2. The number of carboxylic acid groups (broad SMARTS) is 2. The largest absolute Gasteiger partial charge is 0.488 e. The van der Waals surface area contributed by atoms with Gasteiger partial charge in [0, 0.05) is 99.5 Å². The van der Waals surface area contributed by atoms with Gasteiger partial charge in [0.05, 0.1) is 22.9 Å². The molecule has 4 heterocycles. The molecule has 8 aromatic rings. The molecular formula is C60H56BBrCl2N4O8. The normalized spacial score (nSPS) is 22.0. The van der Waals surface area contributed by atoms with E-state index < -0.39 is 19.1 Å². The zero-order valence-corrected chi connectivity index (χ0v) is 44.7. The number of hydrogen-bond donors (Lipinski definition) is 4. The Morgan fingerprint density at radius 3 is 1.33 bits per heavy atom. The van der Waals surface area contributed by atoms with Gasteiger partial charge in [0.15, 0.2) is 11.6 Å². The van der Waals surface area contributed by atoms with E-state index in [2.05, 4.69) is 71.4 Å². The highest BCUT2D eigenvalue weighted by atomic mass is 79.9. The van der Waals surface area contributed by atoms with Crippen LogP contribution in [0, 0.1) is 34.5 Å². The monoisotopic (exact) mass is 1120 g/mol. The quantitative estimate of drug-likeness (QED) is 0.0603. The van der Waals surface area contributed by atoms with Crippen LogP contribution in [0.15, 0.2) is 151 Å². The summed E-state index contributed by atoms with van der Waals surface area (Å²) in [5.41, 5.74) is 8.59. The topological polar surface area (TPSA) is 185 Å². The van der Waals surface area contributed by atoms with E-state index >= 15 is 0 Å². The lowest BCUT2D eigenvalue weighted by molar-refractivity contribution is -0.158. The van der Waals surface area contributed by atoms with Gasteiger partial charge in [-0.05, 0) is 175 Å². The summed E-state index contributed by atoms with van der Waals surface area (Å²) in [6, 6.07) is 35.0. The predicted molar refractivity (Wildman–Crippen MR) is 299 cm³/mol. The standard InChI is InChI=1S/C30H27ClN2O3.C25H23BrClNO3.C5H6BNO2/c31-26-6-5-25(27(34)13-20-14-30(15-20)16-23(17-30)29(35)36)28-24(26)9-12-33(28)18-19-1-3-21(4-2-19)22-7-10-32-11-8-22;26-18-3-1-15(2-4-18)14-28-8-7-19-21(27)6-5-20(23(19)28)22(29)9-16-10-25(11-16)12-17(13-25)24(30)31;8-6(9)5-1-3-7-4-2-5/h1-12,20,23H,13-18H2,(H,35,36);1-8,16-17H,9-14H2,(H,30,31);1-4,8-9H. The highest BCUT2D eigenvalue weighted by Gasteiger charge is 2.56. The maximum absolute atomic E-state index is 13.4. The third-order valence-corrected chi connectivity index (χ3v) is 17.4. The summed E-state index contributed by atoms with van der Waals surface area (Å²) in [6.07, 6.45) is 18.6. The Bertz CT molecular complexity index is 3420. The molecule has 16 heteroatoms. The molecule has 12 nitrogen and oxygen atoms in total. The minimum atomic E-state index is -1.38. The Morgan fingerprint density at radius 2 is 0.934 bits per heavy atom. The number of Topliss-reactive ketones (excluding diaryl/α,β-unsaturated/α-hetero) is 2. The second-order valence-corrected chi connectivity index (χ2v) is 23.2. The number of fused-ring (bicyclic) bond motifs is 2. The van der Waals surface area contributed by atoms with Crippen molar-refractivity contribution in [2.45, 2.75) is 77.3 Å². The summed E-state index contributed by atoms with van der Waals surface area (Å²) in [6.45, 7) is 1.31. The molecule has 4 fully saturated rings. The minimum absolute atomic E-state index is 0.138. The molecule has 4 aromatic carbocycles. The lowest BCUT2D eigenvalue weighted by Crippen LogP contribution is -2.50. The number of benzene rings is 4. The average Bonchev–Trinajstić information content (AvgIpc) is 4.00. The molecule has 4 aliphatic carbocycles. The molecule has 0 unspecified atom stereocenters. The summed E-state index contributed by atoms with van der Waals surface area (Å²) >= 11 is 16.4. The lowest BCUT2D eigenvalue weighted by atomic mass is 9.47. The number of hydrogen-bond acceptors (Lipinski definition) is 8. The van der Waals surface area contributed by atoms with Crippen LogP contribution in [0.4, 0.5) is 0 Å². The zero-order valence-electron chi connectivity index (χ0n) is 41.6. The Balaban J connectivity index is 0.000000150. The van der Waals surface area contributed by atoms with Crippen LogP contribution in [-0.4, -0.2) is 70.0 Å². The number of pyridine rings is 2. The number of carbonyl (C=O) groups is 4. The molecule has 4 aliphatic rings. The molecule has 0 bridgehead atoms. The molecular weight excluding hydrogens is 1070 g/mol. The molecule has 0 atom stereocenters. The van der Waals surface area contributed by atoms with Crippen LogP contribution >= 0.6 is 39.1 Å². The van der Waals surface area contributed by atoms with Gasteiger partial charge >= 0.3 is 19.1 Å². The van der Waals surface area contributed by atoms with Crippen LogP contribution in [0.25, 0.3) is 32.9 Å². The van der Waals surface area contributed by atoms with Crippen LogP contribution < -0.4 is 5.46 Å². The van der Waals surface area contributed by atoms with Gasteiger partial charge < -0.3 is 29.4 Å². The fourth-order valence-electron chi connectivity index (χ4n) is 12.5. The van der Waals surface area contributed by atoms with E-state index in [0.29, 0.717) is 58.8 Å². The Labute approximate surface area is 459 Å². The minimum Gasteiger partial charge on any atom is -0.481 e. The highest BCUT2D eigenvalue weighted by molar-refractivity contribution is 9.10. The van der Waals surface area contributed by atoms with Gasteiger partial charge in [-0.3, -0.25) is 29.1 Å². The fraction of sp³-hybridized carbons (Fsp3) is 0.300. The molecule has 0 aliphatic heterocycles. The van der Waals surface area contributed by atoms with Gasteiger partial charge in [-0.1, -0.05) is 75.5 Å². The maximum atomic E-state index is 13.4. The molecule has 4 N–H and O–H groups in total. The van der Waals surface area contributed by atoms with Crippen LogP contribution in [0.3, 0.4) is 0 Å². The second kappa shape index (κ2) is 22.3. The van der Waals surface area contributed by atoms with Crippen molar-refractivity contribution in [2.75, 3.05) is 0 Å². The first kappa shape index (κ1) is 53.0. The lowest BCUT2D eigenvalue weighted by Gasteiger charge is -2.56. The molecule has 0 radical (unpaired) electrons. The van der Waals surface area contributed by atoms with Crippen molar-refractivity contribution >= 4 is 97.0 Å². The smallest absolute Gasteiger partial charge is 0.481 e. The zero-order chi connectivity index (χ0) is 53.3. The van der Waals surface area contributed by atoms with Crippen molar-refractivity contribution in [1.29, 1.82) is 0 Å². The fourth-order valence-corrected chi connectivity index (χ4v) is 13.2. The molecule has 12 rings (SSSR count). The molecule has 2 spiro atoms. The number of rotatable bonds is 14. The molecule has 4 aromatic heterocycles. The van der Waals surface area contributed by atoms with Gasteiger partial charge in [0.1, 0.15) is 0 Å². The van der Waals surface area contributed by atoms with E-state index in [1.165, 1.54) is 12.4 Å². The number of halogens is 3. The summed E-state index contributed by atoms with van der Waals surface area (Å²) in [5.74, 6) is -0.777. The van der Waals surface area contributed by atoms with Crippen LogP contribution in [0.5, 0.6) is 0 Å². The number of aliphatic carboxylic acids is 2. The third kappa shape index (κ3) is 11.5. The molecule has 76 heavy (non-hydrogen) atoms. The second-order valence-electron chi connectivity index (χ2n) is 21.5. The van der Waals surface area contributed by atoms with E-state index in [1.54, 1.807) is 24.5 Å². The van der Waals surface area contributed by atoms with Gasteiger partial charge in [-0.25, -0.2) is 0 Å². The first-order chi connectivity index (χ1) is 36.5. The molecule has 0 saturated heterocycles. The third-order valence-electron chi connectivity index (χ3n) is 16.2. The summed E-state index contributed by atoms with van der Waals surface area (Å²) in [5, 5.41) is 38.5. The first-order valence-corrected chi connectivity index (χ1v) is 27.2. The predicted octanol–water partition coefficient (Wildman–Crippen LogP) is 12.2. The number of ketones is 2. The Morgan fingerprint density at radius 1 is 0.539 bits per heavy atom. The number of nitrogens with zero attached hydrogens (tertiary/aromatic N) is 4. The van der Waals surface area contributed by atoms with Crippen molar-refractivity contribution in [2.24, 2.45) is 34.5 Å². The van der Waals surface area contributed by atoms with Crippen molar-refractivity contribution in [3.8, 4) is 11.1 Å². The summed E-state index contributed by atoms with van der Waals surface area (Å²) in [4.78, 5) is 56.7. The van der Waals surface area contributed by atoms with Crippen molar-refractivity contribution in [3.63, 3.8) is 0 Å². The van der Waals surface area contributed by atoms with Crippen molar-refractivity contribution < 1.29 is 39.4 Å². The number of carboxylic acids is 2. The Hall–Kier alpha value is -6.42. The maximum Gasteiger partial charge on any atom is 0.488 e. The highest BCUT2D eigenvalue weighted by Crippen LogP contribution is 2.63. The van der Waals surface area contributed by atoms with E-state index in [4.69, 9.17) is 38.4 Å². The van der Waals surface area contributed by atoms with Gasteiger partial charge in [-0.15, -0.1) is 0 Å².